The molecular weight excluding hydrogens is 254 g/mol. The third kappa shape index (κ3) is 2.14. The van der Waals surface area contributed by atoms with Crippen LogP contribution in [0.25, 0.3) is 0 Å². The fraction of sp³-hybridized carbons (Fsp3) is 0.733. The molecule has 2 N–H and O–H groups in total. The van der Waals surface area contributed by atoms with Crippen LogP contribution >= 0.6 is 0 Å². The molecule has 2 aliphatic rings. The van der Waals surface area contributed by atoms with Gasteiger partial charge in [-0.25, -0.2) is 0 Å². The van der Waals surface area contributed by atoms with Crippen molar-refractivity contribution in [3.63, 3.8) is 0 Å². The number of carbonyl (C=O) groups excluding carboxylic acids is 1. The highest BCUT2D eigenvalue weighted by Gasteiger charge is 2.45. The second kappa shape index (κ2) is 5.20. The highest BCUT2D eigenvalue weighted by atomic mass is 16.5. The van der Waals surface area contributed by atoms with Crippen molar-refractivity contribution in [1.82, 2.24) is 10.1 Å². The van der Waals surface area contributed by atoms with E-state index >= 15 is 0 Å². The summed E-state index contributed by atoms with van der Waals surface area (Å²) in [7, 11) is 0. The molecule has 1 amide bonds. The van der Waals surface area contributed by atoms with Gasteiger partial charge in [-0.15, -0.1) is 0 Å². The van der Waals surface area contributed by atoms with E-state index in [1.54, 1.807) is 0 Å². The molecule has 1 saturated heterocycles. The summed E-state index contributed by atoms with van der Waals surface area (Å²) in [5.74, 6) is 1.05. The highest BCUT2D eigenvalue weighted by molar-refractivity contribution is 5.84. The Bertz CT molecular complexity index is 491. The maximum atomic E-state index is 13.0. The number of rotatable bonds is 3. The van der Waals surface area contributed by atoms with E-state index in [0.29, 0.717) is 6.54 Å². The lowest BCUT2D eigenvalue weighted by Crippen LogP contribution is -2.46. The van der Waals surface area contributed by atoms with Crippen LogP contribution in [-0.2, 0) is 4.79 Å². The largest absolute Gasteiger partial charge is 0.359 e. The van der Waals surface area contributed by atoms with Crippen LogP contribution in [0.4, 0.5) is 0 Å². The summed E-state index contributed by atoms with van der Waals surface area (Å²) in [6.45, 7) is 3.18. The maximum absolute atomic E-state index is 13.0. The van der Waals surface area contributed by atoms with Gasteiger partial charge in [0.2, 0.25) is 5.91 Å². The van der Waals surface area contributed by atoms with Gasteiger partial charge in [-0.3, -0.25) is 4.79 Å². The van der Waals surface area contributed by atoms with Crippen LogP contribution < -0.4 is 5.73 Å². The Kier molecular flexibility index (Phi) is 3.54. The fourth-order valence-electron chi connectivity index (χ4n) is 3.71. The van der Waals surface area contributed by atoms with Gasteiger partial charge in [0, 0.05) is 19.2 Å². The van der Waals surface area contributed by atoms with E-state index in [1.165, 1.54) is 0 Å². The summed E-state index contributed by atoms with van der Waals surface area (Å²) in [6.07, 6.45) is 6.07. The van der Waals surface area contributed by atoms with Crippen LogP contribution in [0.2, 0.25) is 0 Å². The van der Waals surface area contributed by atoms with Crippen LogP contribution in [0.1, 0.15) is 56.0 Å². The van der Waals surface area contributed by atoms with Gasteiger partial charge >= 0.3 is 0 Å². The van der Waals surface area contributed by atoms with Gasteiger partial charge in [0.05, 0.1) is 17.2 Å². The average molecular weight is 277 g/mol. The van der Waals surface area contributed by atoms with Crippen molar-refractivity contribution in [2.75, 3.05) is 13.1 Å². The van der Waals surface area contributed by atoms with Gasteiger partial charge in [-0.2, -0.15) is 0 Å². The zero-order chi connectivity index (χ0) is 14.2. The standard InChI is InChI=1S/C15H23N3O2/c1-11-9-13(20-17-11)12-5-4-8-18(12)14(19)15(10-16)6-2-3-7-15/h9,12H,2-8,10,16H2,1H3. The minimum Gasteiger partial charge on any atom is -0.359 e. The molecule has 110 valence electrons. The lowest BCUT2D eigenvalue weighted by atomic mass is 9.84. The van der Waals surface area contributed by atoms with Gasteiger partial charge < -0.3 is 15.2 Å². The minimum atomic E-state index is -0.322. The van der Waals surface area contributed by atoms with Crippen molar-refractivity contribution in [3.05, 3.63) is 17.5 Å². The van der Waals surface area contributed by atoms with E-state index in [2.05, 4.69) is 5.16 Å². The Hall–Kier alpha value is -1.36. The molecule has 1 aromatic rings. The highest BCUT2D eigenvalue weighted by Crippen LogP contribution is 2.43. The molecule has 1 aliphatic carbocycles. The lowest BCUT2D eigenvalue weighted by Gasteiger charge is -2.33. The van der Waals surface area contributed by atoms with Gasteiger partial charge in [0.1, 0.15) is 0 Å². The molecule has 0 aromatic carbocycles. The molecule has 0 spiro atoms. The third-order valence-electron chi connectivity index (χ3n) is 4.89. The molecule has 1 saturated carbocycles. The molecule has 1 unspecified atom stereocenters. The second-order valence-electron chi connectivity index (χ2n) is 6.22. The Balaban J connectivity index is 1.83. The van der Waals surface area contributed by atoms with Crippen molar-refractivity contribution in [2.24, 2.45) is 11.1 Å². The van der Waals surface area contributed by atoms with Crippen molar-refractivity contribution in [3.8, 4) is 0 Å². The molecule has 5 nitrogen and oxygen atoms in total. The Morgan fingerprint density at radius 1 is 1.50 bits per heavy atom. The SMILES string of the molecule is Cc1cc(C2CCCN2C(=O)C2(CN)CCCC2)on1. The number of amides is 1. The number of hydrogen-bond acceptors (Lipinski definition) is 4. The smallest absolute Gasteiger partial charge is 0.230 e. The van der Waals surface area contributed by atoms with Crippen LogP contribution in [0, 0.1) is 12.3 Å². The zero-order valence-electron chi connectivity index (χ0n) is 12.1. The molecule has 2 fully saturated rings. The minimum absolute atomic E-state index is 0.0488. The average Bonchev–Trinajstić information content (AvgIpc) is 3.18. The van der Waals surface area contributed by atoms with Crippen LogP contribution in [0.15, 0.2) is 10.6 Å². The quantitative estimate of drug-likeness (QED) is 0.919. The Morgan fingerprint density at radius 3 is 2.85 bits per heavy atom. The van der Waals surface area contributed by atoms with Crippen LogP contribution in [-0.4, -0.2) is 29.1 Å². The van der Waals surface area contributed by atoms with Gasteiger partial charge in [-0.05, 0) is 32.6 Å². The maximum Gasteiger partial charge on any atom is 0.230 e. The summed E-state index contributed by atoms with van der Waals surface area (Å²) in [4.78, 5) is 15.0. The molecule has 1 aromatic heterocycles. The fourth-order valence-corrected chi connectivity index (χ4v) is 3.71. The van der Waals surface area contributed by atoms with Crippen molar-refractivity contribution in [2.45, 2.75) is 51.5 Å². The van der Waals surface area contributed by atoms with Crippen LogP contribution in [0.5, 0.6) is 0 Å². The van der Waals surface area contributed by atoms with E-state index in [1.807, 2.05) is 17.9 Å². The van der Waals surface area contributed by atoms with Crippen molar-refractivity contribution >= 4 is 5.91 Å². The zero-order valence-corrected chi connectivity index (χ0v) is 12.1. The van der Waals surface area contributed by atoms with Crippen molar-refractivity contribution < 1.29 is 9.32 Å². The van der Waals surface area contributed by atoms with E-state index in [9.17, 15) is 4.79 Å². The summed E-state index contributed by atoms with van der Waals surface area (Å²) in [6, 6.07) is 1.99. The molecule has 1 atom stereocenters. The number of nitrogens with two attached hydrogens (primary N) is 1. The number of carbonyl (C=O) groups is 1. The second-order valence-corrected chi connectivity index (χ2v) is 6.22. The van der Waals surface area contributed by atoms with E-state index < -0.39 is 0 Å². The van der Waals surface area contributed by atoms with Gasteiger partial charge in [0.15, 0.2) is 5.76 Å². The Morgan fingerprint density at radius 2 is 2.25 bits per heavy atom. The number of nitrogens with zero attached hydrogens (tertiary/aromatic N) is 2. The van der Waals surface area contributed by atoms with Crippen molar-refractivity contribution in [1.29, 1.82) is 0 Å². The topological polar surface area (TPSA) is 72.4 Å². The first-order valence-electron chi connectivity index (χ1n) is 7.61. The molecule has 2 heterocycles. The molecule has 0 bridgehead atoms. The molecule has 5 heteroatoms. The summed E-state index contributed by atoms with van der Waals surface area (Å²) < 4.78 is 5.38. The molecule has 3 rings (SSSR count). The monoisotopic (exact) mass is 277 g/mol. The van der Waals surface area contributed by atoms with Gasteiger partial charge in [0.25, 0.3) is 0 Å². The number of aromatic nitrogens is 1. The molecular formula is C15H23N3O2. The predicted molar refractivity (Wildman–Crippen MR) is 74.9 cm³/mol. The number of likely N-dealkylation sites (tertiary alicyclic amines) is 1. The number of hydrogen-bond donors (Lipinski definition) is 1. The summed E-state index contributed by atoms with van der Waals surface area (Å²) in [5.41, 5.74) is 6.49. The molecule has 20 heavy (non-hydrogen) atoms. The lowest BCUT2D eigenvalue weighted by molar-refractivity contribution is -0.142. The van der Waals surface area contributed by atoms with Crippen LogP contribution in [0.3, 0.4) is 0 Å². The Labute approximate surface area is 119 Å². The summed E-state index contributed by atoms with van der Waals surface area (Å²) >= 11 is 0. The normalized spacial score (nSPS) is 25.3. The predicted octanol–water partition coefficient (Wildman–Crippen LogP) is 2.17. The first kappa shape index (κ1) is 13.6. The first-order valence-corrected chi connectivity index (χ1v) is 7.61. The summed E-state index contributed by atoms with van der Waals surface area (Å²) in [5, 5.41) is 3.95. The van der Waals surface area contributed by atoms with Gasteiger partial charge in [-0.1, -0.05) is 18.0 Å². The third-order valence-corrected chi connectivity index (χ3v) is 4.89. The molecule has 0 radical (unpaired) electrons. The molecule has 1 aliphatic heterocycles. The first-order chi connectivity index (χ1) is 9.66. The number of aryl methyl sites for hydroxylation is 1. The van der Waals surface area contributed by atoms with E-state index in [4.69, 9.17) is 10.3 Å². The van der Waals surface area contributed by atoms with E-state index in [-0.39, 0.29) is 17.4 Å². The van der Waals surface area contributed by atoms with E-state index in [0.717, 1.165) is 56.5 Å².